The number of nitrogens with two attached hydrogens (primary N) is 1. The number of hydrazine groups is 1. The highest BCUT2D eigenvalue weighted by Gasteiger charge is 2.07. The van der Waals surface area contributed by atoms with Crippen LogP contribution >= 0.6 is 11.3 Å². The molecule has 2 aromatic rings. The number of ether oxygens (including phenoxy) is 1. The number of aromatic nitrogens is 4. The van der Waals surface area contributed by atoms with Crippen LogP contribution in [0.5, 0.6) is 6.01 Å². The molecule has 0 fully saturated rings. The van der Waals surface area contributed by atoms with Crippen molar-refractivity contribution in [1.29, 1.82) is 0 Å². The highest BCUT2D eigenvalue weighted by Crippen LogP contribution is 2.12. The summed E-state index contributed by atoms with van der Waals surface area (Å²) in [7, 11) is 0. The van der Waals surface area contributed by atoms with Crippen LogP contribution in [0.3, 0.4) is 0 Å². The van der Waals surface area contributed by atoms with Crippen LogP contribution in [0.25, 0.3) is 0 Å². The average molecular weight is 281 g/mol. The largest absolute Gasteiger partial charge is 0.463 e. The standard InChI is InChI=1S/C10H15N7OS/c1-2-4-18-10-15-8(14-9(16-10)17-11)13-6-7-12-3-5-19-7/h3,5H,2,4,6,11H2,1H3,(H2,13,14,15,16,17). The fourth-order valence-corrected chi connectivity index (χ4v) is 1.81. The number of nitrogens with zero attached hydrogens (tertiary/aromatic N) is 4. The van der Waals surface area contributed by atoms with Crippen LogP contribution in [0.4, 0.5) is 11.9 Å². The number of nitrogen functional groups attached to an aromatic ring is 1. The monoisotopic (exact) mass is 281 g/mol. The molecule has 0 aliphatic rings. The molecule has 2 rings (SSSR count). The molecule has 0 aliphatic carbocycles. The van der Waals surface area contributed by atoms with E-state index < -0.39 is 0 Å². The molecular formula is C10H15N7OS. The van der Waals surface area contributed by atoms with Gasteiger partial charge in [0.2, 0.25) is 11.9 Å². The molecule has 0 aliphatic heterocycles. The van der Waals surface area contributed by atoms with E-state index in [-0.39, 0.29) is 12.0 Å². The molecule has 9 heteroatoms. The first kappa shape index (κ1) is 13.4. The number of nitrogens with one attached hydrogen (secondary N) is 2. The molecule has 0 atom stereocenters. The Labute approximate surface area is 114 Å². The van der Waals surface area contributed by atoms with Crippen molar-refractivity contribution in [3.05, 3.63) is 16.6 Å². The summed E-state index contributed by atoms with van der Waals surface area (Å²) >= 11 is 1.55. The van der Waals surface area contributed by atoms with Crippen molar-refractivity contribution in [1.82, 2.24) is 19.9 Å². The lowest BCUT2D eigenvalue weighted by Gasteiger charge is -2.08. The van der Waals surface area contributed by atoms with E-state index in [1.807, 2.05) is 12.3 Å². The fraction of sp³-hybridized carbons (Fsp3) is 0.400. The topological polar surface area (TPSA) is 111 Å². The van der Waals surface area contributed by atoms with Gasteiger partial charge in [-0.1, -0.05) is 6.92 Å². The Bertz CT molecular complexity index is 505. The van der Waals surface area contributed by atoms with Gasteiger partial charge < -0.3 is 10.1 Å². The average Bonchev–Trinajstić information content (AvgIpc) is 2.96. The first-order valence-corrected chi connectivity index (χ1v) is 6.67. The molecule has 0 bridgehead atoms. The number of rotatable bonds is 7. The highest BCUT2D eigenvalue weighted by molar-refractivity contribution is 7.09. The fourth-order valence-electron chi connectivity index (χ4n) is 1.25. The summed E-state index contributed by atoms with van der Waals surface area (Å²) in [6.45, 7) is 3.09. The van der Waals surface area contributed by atoms with E-state index in [4.69, 9.17) is 10.6 Å². The summed E-state index contributed by atoms with van der Waals surface area (Å²) in [5, 5.41) is 5.90. The van der Waals surface area contributed by atoms with Gasteiger partial charge in [0.1, 0.15) is 5.01 Å². The van der Waals surface area contributed by atoms with Crippen LogP contribution in [0.15, 0.2) is 11.6 Å². The lowest BCUT2D eigenvalue weighted by atomic mass is 10.5. The summed E-state index contributed by atoms with van der Waals surface area (Å²) in [5.41, 5.74) is 2.38. The van der Waals surface area contributed by atoms with Crippen molar-refractivity contribution in [3.63, 3.8) is 0 Å². The van der Waals surface area contributed by atoms with E-state index in [1.54, 1.807) is 17.5 Å². The van der Waals surface area contributed by atoms with E-state index in [1.165, 1.54) is 0 Å². The second kappa shape index (κ2) is 6.81. The van der Waals surface area contributed by atoms with E-state index in [0.29, 0.717) is 19.1 Å². The zero-order valence-electron chi connectivity index (χ0n) is 10.5. The molecule has 0 spiro atoms. The lowest BCUT2D eigenvalue weighted by molar-refractivity contribution is 0.292. The molecular weight excluding hydrogens is 266 g/mol. The van der Waals surface area contributed by atoms with Crippen LogP contribution in [0.1, 0.15) is 18.4 Å². The van der Waals surface area contributed by atoms with Crippen LogP contribution in [0, 0.1) is 0 Å². The van der Waals surface area contributed by atoms with Crippen molar-refractivity contribution in [2.75, 3.05) is 17.3 Å². The van der Waals surface area contributed by atoms with Crippen molar-refractivity contribution in [2.45, 2.75) is 19.9 Å². The molecule has 2 aromatic heterocycles. The van der Waals surface area contributed by atoms with Gasteiger partial charge in [0.05, 0.1) is 13.2 Å². The maximum atomic E-state index is 5.36. The quantitative estimate of drug-likeness (QED) is 0.509. The smallest absolute Gasteiger partial charge is 0.323 e. The van der Waals surface area contributed by atoms with Crippen LogP contribution < -0.4 is 21.3 Å². The van der Waals surface area contributed by atoms with Crippen LogP contribution in [0.2, 0.25) is 0 Å². The summed E-state index contributed by atoms with van der Waals surface area (Å²) < 4.78 is 5.36. The first-order chi connectivity index (χ1) is 9.31. The van der Waals surface area contributed by atoms with E-state index >= 15 is 0 Å². The zero-order valence-corrected chi connectivity index (χ0v) is 11.3. The number of hydrogen-bond donors (Lipinski definition) is 3. The minimum Gasteiger partial charge on any atom is -0.463 e. The maximum absolute atomic E-state index is 5.36. The third-order valence-electron chi connectivity index (χ3n) is 2.06. The molecule has 8 nitrogen and oxygen atoms in total. The Morgan fingerprint density at radius 1 is 1.32 bits per heavy atom. The normalized spacial score (nSPS) is 10.2. The van der Waals surface area contributed by atoms with Gasteiger partial charge in [0, 0.05) is 11.6 Å². The molecule has 102 valence electrons. The van der Waals surface area contributed by atoms with Crippen molar-refractivity contribution in [3.8, 4) is 6.01 Å². The van der Waals surface area contributed by atoms with Gasteiger partial charge in [0.15, 0.2) is 0 Å². The predicted molar refractivity (Wildman–Crippen MR) is 72.9 cm³/mol. The second-order valence-electron chi connectivity index (χ2n) is 3.54. The summed E-state index contributed by atoms with van der Waals surface area (Å²) in [6, 6.07) is 0.242. The van der Waals surface area contributed by atoms with Crippen LogP contribution in [-0.2, 0) is 6.54 Å². The van der Waals surface area contributed by atoms with Crippen LogP contribution in [-0.4, -0.2) is 26.5 Å². The number of thiazole rings is 1. The molecule has 19 heavy (non-hydrogen) atoms. The predicted octanol–water partition coefficient (Wildman–Crippen LogP) is 1.01. The Hall–Kier alpha value is -2.00. The molecule has 4 N–H and O–H groups in total. The Morgan fingerprint density at radius 2 is 2.16 bits per heavy atom. The molecule has 2 heterocycles. The van der Waals surface area contributed by atoms with Crippen molar-refractivity contribution < 1.29 is 4.74 Å². The van der Waals surface area contributed by atoms with E-state index in [0.717, 1.165) is 11.4 Å². The molecule has 0 unspecified atom stereocenters. The number of hydrogen-bond acceptors (Lipinski definition) is 9. The summed E-state index contributed by atoms with van der Waals surface area (Å²) in [5.74, 6) is 5.96. The number of anilines is 2. The molecule has 0 amide bonds. The highest BCUT2D eigenvalue weighted by atomic mass is 32.1. The van der Waals surface area contributed by atoms with Crippen molar-refractivity contribution in [2.24, 2.45) is 5.84 Å². The third kappa shape index (κ3) is 4.00. The Morgan fingerprint density at radius 3 is 2.84 bits per heavy atom. The lowest BCUT2D eigenvalue weighted by Crippen LogP contribution is -2.14. The van der Waals surface area contributed by atoms with E-state index in [2.05, 4.69) is 30.7 Å². The van der Waals surface area contributed by atoms with Gasteiger partial charge in [-0.05, 0) is 6.42 Å². The van der Waals surface area contributed by atoms with Gasteiger partial charge in [-0.2, -0.15) is 15.0 Å². The SMILES string of the molecule is CCCOc1nc(NN)nc(NCc2nccs2)n1. The van der Waals surface area contributed by atoms with Gasteiger partial charge in [-0.3, -0.25) is 5.43 Å². The third-order valence-corrected chi connectivity index (χ3v) is 2.84. The Balaban J connectivity index is 2.05. The van der Waals surface area contributed by atoms with E-state index in [9.17, 15) is 0 Å². The molecule has 0 aromatic carbocycles. The second-order valence-corrected chi connectivity index (χ2v) is 4.52. The molecule has 0 radical (unpaired) electrons. The van der Waals surface area contributed by atoms with Crippen molar-refractivity contribution >= 4 is 23.2 Å². The molecule has 0 saturated carbocycles. The zero-order chi connectivity index (χ0) is 13.5. The minimum atomic E-state index is 0.242. The summed E-state index contributed by atoms with van der Waals surface area (Å²) in [4.78, 5) is 16.4. The van der Waals surface area contributed by atoms with Gasteiger partial charge >= 0.3 is 6.01 Å². The summed E-state index contributed by atoms with van der Waals surface area (Å²) in [6.07, 6.45) is 2.62. The van der Waals surface area contributed by atoms with Gasteiger partial charge in [-0.25, -0.2) is 10.8 Å². The van der Waals surface area contributed by atoms with Gasteiger partial charge in [-0.15, -0.1) is 11.3 Å². The first-order valence-electron chi connectivity index (χ1n) is 5.79. The molecule has 0 saturated heterocycles. The minimum absolute atomic E-state index is 0.242. The van der Waals surface area contributed by atoms with Gasteiger partial charge in [0.25, 0.3) is 0 Å². The maximum Gasteiger partial charge on any atom is 0.323 e. The Kier molecular flexibility index (Phi) is 4.81.